The summed E-state index contributed by atoms with van der Waals surface area (Å²) in [6, 6.07) is 4.86. The molecular weight excluding hydrogens is 256 g/mol. The van der Waals surface area contributed by atoms with Gasteiger partial charge in [-0.3, -0.25) is 4.72 Å². The summed E-state index contributed by atoms with van der Waals surface area (Å²) >= 11 is 3.21. The zero-order valence-corrected chi connectivity index (χ0v) is 9.31. The molecule has 0 aliphatic carbocycles. The van der Waals surface area contributed by atoms with E-state index in [2.05, 4.69) is 20.7 Å². The molecule has 0 aromatic heterocycles. The molecule has 0 spiro atoms. The van der Waals surface area contributed by atoms with Crippen LogP contribution in [0.4, 0.5) is 11.4 Å². The van der Waals surface area contributed by atoms with Gasteiger partial charge in [0.1, 0.15) is 0 Å². The van der Waals surface area contributed by atoms with Gasteiger partial charge in [0.25, 0.3) is 0 Å². The highest BCUT2D eigenvalue weighted by Crippen LogP contribution is 2.23. The maximum Gasteiger partial charge on any atom is 0.229 e. The highest BCUT2D eigenvalue weighted by Gasteiger charge is 2.02. The summed E-state index contributed by atoms with van der Waals surface area (Å²) < 4.78 is 24.7. The lowest BCUT2D eigenvalue weighted by Crippen LogP contribution is -2.09. The molecule has 0 aliphatic rings. The number of nitrogen functional groups attached to an aromatic ring is 1. The topological polar surface area (TPSA) is 72.2 Å². The molecule has 72 valence electrons. The van der Waals surface area contributed by atoms with Gasteiger partial charge in [-0.1, -0.05) is 0 Å². The first kappa shape index (κ1) is 10.3. The third-order valence-electron chi connectivity index (χ3n) is 1.30. The van der Waals surface area contributed by atoms with E-state index in [4.69, 9.17) is 5.73 Å². The minimum Gasteiger partial charge on any atom is -0.398 e. The van der Waals surface area contributed by atoms with Gasteiger partial charge in [0, 0.05) is 10.2 Å². The Balaban J connectivity index is 2.99. The molecule has 1 rings (SSSR count). The molecule has 0 unspecified atom stereocenters. The van der Waals surface area contributed by atoms with Crippen LogP contribution in [0, 0.1) is 0 Å². The Bertz CT molecular complexity index is 417. The number of anilines is 2. The number of nitrogens with two attached hydrogens (primary N) is 1. The van der Waals surface area contributed by atoms with Crippen LogP contribution in [0.25, 0.3) is 0 Å². The predicted molar refractivity (Wildman–Crippen MR) is 57.0 cm³/mol. The van der Waals surface area contributed by atoms with Crippen LogP contribution >= 0.6 is 15.9 Å². The van der Waals surface area contributed by atoms with Crippen molar-refractivity contribution in [3.63, 3.8) is 0 Å². The fraction of sp³-hybridized carbons (Fsp3) is 0.143. The third kappa shape index (κ3) is 3.23. The van der Waals surface area contributed by atoms with Crippen LogP contribution in [-0.2, 0) is 10.0 Å². The van der Waals surface area contributed by atoms with Crippen molar-refractivity contribution in [1.29, 1.82) is 0 Å². The Hall–Kier alpha value is -0.750. The van der Waals surface area contributed by atoms with Gasteiger partial charge in [0.05, 0.1) is 11.9 Å². The molecular formula is C7H9BrN2O2S. The van der Waals surface area contributed by atoms with Crippen LogP contribution in [0.5, 0.6) is 0 Å². The summed E-state index contributed by atoms with van der Waals surface area (Å²) in [7, 11) is -3.23. The number of hydrogen-bond donors (Lipinski definition) is 2. The normalized spacial score (nSPS) is 11.2. The van der Waals surface area contributed by atoms with Crippen molar-refractivity contribution in [3.8, 4) is 0 Å². The molecule has 0 bridgehead atoms. The van der Waals surface area contributed by atoms with E-state index in [-0.39, 0.29) is 0 Å². The van der Waals surface area contributed by atoms with Crippen molar-refractivity contribution < 1.29 is 8.42 Å². The zero-order chi connectivity index (χ0) is 10.1. The van der Waals surface area contributed by atoms with Gasteiger partial charge >= 0.3 is 0 Å². The molecule has 0 atom stereocenters. The molecule has 0 saturated heterocycles. The number of benzene rings is 1. The summed E-state index contributed by atoms with van der Waals surface area (Å²) in [5, 5.41) is 0. The van der Waals surface area contributed by atoms with E-state index in [0.717, 1.165) is 10.7 Å². The summed E-state index contributed by atoms with van der Waals surface area (Å²) in [4.78, 5) is 0. The lowest BCUT2D eigenvalue weighted by Gasteiger charge is -2.05. The summed E-state index contributed by atoms with van der Waals surface area (Å²) in [5.41, 5.74) is 6.51. The smallest absolute Gasteiger partial charge is 0.229 e. The Kier molecular flexibility index (Phi) is 2.82. The van der Waals surface area contributed by atoms with Crippen molar-refractivity contribution in [3.05, 3.63) is 22.7 Å². The van der Waals surface area contributed by atoms with Crippen molar-refractivity contribution >= 4 is 37.3 Å². The highest BCUT2D eigenvalue weighted by atomic mass is 79.9. The summed E-state index contributed by atoms with van der Waals surface area (Å²) in [6.45, 7) is 0. The quantitative estimate of drug-likeness (QED) is 0.794. The van der Waals surface area contributed by atoms with E-state index in [0.29, 0.717) is 11.4 Å². The van der Waals surface area contributed by atoms with Gasteiger partial charge in [0.15, 0.2) is 0 Å². The number of nitrogens with one attached hydrogen (secondary N) is 1. The van der Waals surface area contributed by atoms with Crippen LogP contribution in [-0.4, -0.2) is 14.7 Å². The van der Waals surface area contributed by atoms with Gasteiger partial charge in [-0.05, 0) is 34.1 Å². The average Bonchev–Trinajstić information content (AvgIpc) is 1.94. The van der Waals surface area contributed by atoms with Crippen LogP contribution in [0.2, 0.25) is 0 Å². The number of sulfonamides is 1. The third-order valence-corrected chi connectivity index (χ3v) is 2.63. The Morgan fingerprint density at radius 1 is 1.46 bits per heavy atom. The Labute approximate surface area is 85.3 Å². The summed E-state index contributed by atoms with van der Waals surface area (Å²) in [5.74, 6) is 0. The summed E-state index contributed by atoms with van der Waals surface area (Å²) in [6.07, 6.45) is 1.09. The van der Waals surface area contributed by atoms with Crippen LogP contribution in [0.15, 0.2) is 22.7 Å². The van der Waals surface area contributed by atoms with Crippen molar-refractivity contribution in [2.24, 2.45) is 0 Å². The van der Waals surface area contributed by atoms with E-state index in [1.165, 1.54) is 0 Å². The van der Waals surface area contributed by atoms with E-state index < -0.39 is 10.0 Å². The first-order chi connectivity index (χ1) is 5.88. The standard InChI is InChI=1S/C7H9BrN2O2S/c1-13(11,12)10-5-2-3-6(8)7(9)4-5/h2-4,10H,9H2,1H3. The van der Waals surface area contributed by atoms with E-state index >= 15 is 0 Å². The second kappa shape index (κ2) is 3.55. The SMILES string of the molecule is CS(=O)(=O)Nc1ccc(Br)c(N)c1. The molecule has 0 fully saturated rings. The lowest BCUT2D eigenvalue weighted by atomic mass is 10.3. The van der Waals surface area contributed by atoms with E-state index in [1.54, 1.807) is 18.2 Å². The lowest BCUT2D eigenvalue weighted by molar-refractivity contribution is 0.607. The maximum absolute atomic E-state index is 10.8. The molecule has 13 heavy (non-hydrogen) atoms. The zero-order valence-electron chi connectivity index (χ0n) is 6.91. The molecule has 0 amide bonds. The van der Waals surface area contributed by atoms with Crippen molar-refractivity contribution in [2.75, 3.05) is 16.7 Å². The average molecular weight is 265 g/mol. The molecule has 0 radical (unpaired) electrons. The molecule has 0 heterocycles. The van der Waals surface area contributed by atoms with Gasteiger partial charge in [-0.15, -0.1) is 0 Å². The van der Waals surface area contributed by atoms with E-state index in [9.17, 15) is 8.42 Å². The number of rotatable bonds is 2. The number of halogens is 1. The largest absolute Gasteiger partial charge is 0.398 e. The molecule has 1 aromatic carbocycles. The second-order valence-corrected chi connectivity index (χ2v) is 5.21. The van der Waals surface area contributed by atoms with Crippen molar-refractivity contribution in [1.82, 2.24) is 0 Å². The van der Waals surface area contributed by atoms with E-state index in [1.807, 2.05) is 0 Å². The van der Waals surface area contributed by atoms with Gasteiger partial charge in [-0.25, -0.2) is 8.42 Å². The number of hydrogen-bond acceptors (Lipinski definition) is 3. The Morgan fingerprint density at radius 3 is 2.54 bits per heavy atom. The monoisotopic (exact) mass is 264 g/mol. The fourth-order valence-corrected chi connectivity index (χ4v) is 1.62. The maximum atomic E-state index is 10.8. The van der Waals surface area contributed by atoms with Crippen LogP contribution < -0.4 is 10.5 Å². The highest BCUT2D eigenvalue weighted by molar-refractivity contribution is 9.10. The first-order valence-corrected chi connectivity index (χ1v) is 6.10. The van der Waals surface area contributed by atoms with Crippen molar-refractivity contribution in [2.45, 2.75) is 0 Å². The predicted octanol–water partition coefficient (Wildman–Crippen LogP) is 1.40. The molecule has 4 nitrogen and oxygen atoms in total. The van der Waals surface area contributed by atoms with Gasteiger partial charge in [0.2, 0.25) is 10.0 Å². The molecule has 1 aromatic rings. The second-order valence-electron chi connectivity index (χ2n) is 2.61. The molecule has 0 aliphatic heterocycles. The fourth-order valence-electron chi connectivity index (χ4n) is 0.821. The van der Waals surface area contributed by atoms with Gasteiger partial charge < -0.3 is 5.73 Å². The van der Waals surface area contributed by atoms with Gasteiger partial charge in [-0.2, -0.15) is 0 Å². The first-order valence-electron chi connectivity index (χ1n) is 3.41. The van der Waals surface area contributed by atoms with Crippen LogP contribution in [0.3, 0.4) is 0 Å². The van der Waals surface area contributed by atoms with Crippen LogP contribution in [0.1, 0.15) is 0 Å². The minimum atomic E-state index is -3.23. The minimum absolute atomic E-state index is 0.461. The molecule has 0 saturated carbocycles. The Morgan fingerprint density at radius 2 is 2.08 bits per heavy atom. The molecule has 3 N–H and O–H groups in total. The molecule has 6 heteroatoms.